The number of unbranched alkanes of at least 4 members (excludes halogenated alkanes) is 10. The summed E-state index contributed by atoms with van der Waals surface area (Å²) in [6.45, 7) is 16.9. The maximum Gasteiger partial charge on any atom is 0.221 e. The van der Waals surface area contributed by atoms with E-state index in [0.29, 0.717) is 159 Å². The van der Waals surface area contributed by atoms with Gasteiger partial charge in [0.1, 0.15) is 12.4 Å². The van der Waals surface area contributed by atoms with Crippen LogP contribution in [0.5, 0.6) is 5.75 Å². The lowest BCUT2D eigenvalue weighted by atomic mass is 10.1. The molecule has 0 aromatic heterocycles. The minimum Gasteiger partial charge on any atom is -0.491 e. The lowest BCUT2D eigenvalue weighted by molar-refractivity contribution is -0.114. The molecule has 0 unspecified atom stereocenters. The quantitative estimate of drug-likeness (QED) is 0.0708. The molecule has 0 aliphatic carbocycles. The Labute approximate surface area is 362 Å². The van der Waals surface area contributed by atoms with Crippen LogP contribution in [0.1, 0.15) is 84.5 Å². The van der Waals surface area contributed by atoms with Crippen molar-refractivity contribution in [2.24, 2.45) is 0 Å². The first kappa shape index (κ1) is 56.0. The van der Waals surface area contributed by atoms with E-state index in [0.717, 1.165) is 24.5 Å². The molecule has 0 bridgehead atoms. The summed E-state index contributed by atoms with van der Waals surface area (Å²) in [4.78, 5) is 11.1. The van der Waals surface area contributed by atoms with Gasteiger partial charge in [-0.15, -0.1) is 0 Å². The minimum atomic E-state index is -0.108. The van der Waals surface area contributed by atoms with Gasteiger partial charge in [0.2, 0.25) is 5.91 Å². The van der Waals surface area contributed by atoms with Crippen LogP contribution in [-0.4, -0.2) is 171 Å². The van der Waals surface area contributed by atoms with Gasteiger partial charge in [-0.1, -0.05) is 71.1 Å². The van der Waals surface area contributed by atoms with Gasteiger partial charge in [-0.3, -0.25) is 4.79 Å². The topological polar surface area (TPSA) is 149 Å². The monoisotopic (exact) mass is 862 g/mol. The van der Waals surface area contributed by atoms with Gasteiger partial charge >= 0.3 is 0 Å². The molecule has 0 aliphatic heterocycles. The van der Waals surface area contributed by atoms with Crippen LogP contribution in [0.4, 0.5) is 5.69 Å². The Kier molecular flexibility index (Phi) is 44.9. The third-order valence-corrected chi connectivity index (χ3v) is 8.66. The summed E-state index contributed by atoms with van der Waals surface area (Å²) in [5.74, 6) is 0.609. The molecule has 0 spiro atoms. The van der Waals surface area contributed by atoms with Gasteiger partial charge in [0.25, 0.3) is 0 Å². The van der Waals surface area contributed by atoms with Gasteiger partial charge in [-0.2, -0.15) is 0 Å². The second-order valence-corrected chi connectivity index (χ2v) is 13.9. The standard InChI is InChI=1S/C45H83NO14/c1-3-4-5-6-7-8-9-10-11-12-13-18-48-19-20-49-21-22-50-23-24-51-25-26-52-27-28-53-29-30-54-31-32-55-33-34-56-35-36-57-37-38-58-39-40-59-41-42-60-45-16-14-44(15-17-45)46-43(2)47/h14-17H,3-13,18-42H2,1-2H3,(H,46,47). The third-order valence-electron chi connectivity index (χ3n) is 8.66. The number of benzene rings is 1. The summed E-state index contributed by atoms with van der Waals surface area (Å²) in [5.41, 5.74) is 0.732. The molecular weight excluding hydrogens is 778 g/mol. The van der Waals surface area contributed by atoms with Crippen molar-refractivity contribution < 1.29 is 66.4 Å². The van der Waals surface area contributed by atoms with E-state index in [9.17, 15) is 4.79 Å². The second kappa shape index (κ2) is 48.0. The van der Waals surface area contributed by atoms with Gasteiger partial charge in [-0.05, 0) is 30.7 Å². The summed E-state index contributed by atoms with van der Waals surface area (Å²) in [6, 6.07) is 7.19. The largest absolute Gasteiger partial charge is 0.491 e. The van der Waals surface area contributed by atoms with Crippen molar-refractivity contribution in [3.8, 4) is 5.75 Å². The SMILES string of the molecule is CCCCCCCCCCCCCOCCOCCOCCOCCOCCOCCOCCOCCOCCOCCOCCOCCOc1ccc(NC(C)=O)cc1. The van der Waals surface area contributed by atoms with Crippen molar-refractivity contribution in [1.29, 1.82) is 0 Å². The lowest BCUT2D eigenvalue weighted by Gasteiger charge is -2.09. The molecule has 1 amide bonds. The van der Waals surface area contributed by atoms with Gasteiger partial charge in [0.05, 0.1) is 152 Å². The Hall–Kier alpha value is -1.99. The molecule has 1 N–H and O–H groups in total. The smallest absolute Gasteiger partial charge is 0.221 e. The number of anilines is 1. The van der Waals surface area contributed by atoms with Crippen LogP contribution in [0.3, 0.4) is 0 Å². The van der Waals surface area contributed by atoms with Crippen LogP contribution >= 0.6 is 0 Å². The van der Waals surface area contributed by atoms with Crippen molar-refractivity contribution in [3.63, 3.8) is 0 Å². The van der Waals surface area contributed by atoms with Crippen LogP contribution in [-0.2, 0) is 61.6 Å². The number of rotatable bonds is 50. The zero-order chi connectivity index (χ0) is 42.9. The van der Waals surface area contributed by atoms with E-state index in [1.54, 1.807) is 24.3 Å². The van der Waals surface area contributed by atoms with Crippen LogP contribution in [0.25, 0.3) is 0 Å². The van der Waals surface area contributed by atoms with E-state index in [1.165, 1.54) is 71.1 Å². The molecule has 1 aromatic rings. The van der Waals surface area contributed by atoms with E-state index in [4.69, 9.17) is 61.6 Å². The Bertz CT molecular complexity index is 993. The normalized spacial score (nSPS) is 11.4. The molecule has 15 nitrogen and oxygen atoms in total. The summed E-state index contributed by atoms with van der Waals surface area (Å²) >= 11 is 0. The molecule has 60 heavy (non-hydrogen) atoms. The van der Waals surface area contributed by atoms with Crippen LogP contribution in [0.15, 0.2) is 24.3 Å². The zero-order valence-electron chi connectivity index (χ0n) is 37.5. The summed E-state index contributed by atoms with van der Waals surface area (Å²) < 4.78 is 72.0. The minimum absolute atomic E-state index is 0.108. The fourth-order valence-electron chi connectivity index (χ4n) is 5.45. The van der Waals surface area contributed by atoms with Crippen LogP contribution < -0.4 is 10.1 Å². The average molecular weight is 862 g/mol. The Balaban J connectivity index is 1.62. The van der Waals surface area contributed by atoms with E-state index < -0.39 is 0 Å². The molecule has 0 saturated heterocycles. The van der Waals surface area contributed by atoms with Gasteiger partial charge in [0.15, 0.2) is 0 Å². The maximum atomic E-state index is 11.1. The fraction of sp³-hybridized carbons (Fsp3) is 0.844. The molecule has 15 heteroatoms. The molecule has 0 radical (unpaired) electrons. The molecule has 1 rings (SSSR count). The molecule has 0 atom stereocenters. The highest BCUT2D eigenvalue weighted by atomic mass is 16.6. The van der Waals surface area contributed by atoms with E-state index >= 15 is 0 Å². The first-order chi connectivity index (χ1) is 29.7. The summed E-state index contributed by atoms with van der Waals surface area (Å²) in [5, 5.41) is 2.71. The highest BCUT2D eigenvalue weighted by Crippen LogP contribution is 2.15. The third kappa shape index (κ3) is 44.1. The highest BCUT2D eigenvalue weighted by Gasteiger charge is 2.00. The van der Waals surface area contributed by atoms with Gasteiger partial charge in [-0.25, -0.2) is 0 Å². The van der Waals surface area contributed by atoms with Crippen LogP contribution in [0.2, 0.25) is 0 Å². The van der Waals surface area contributed by atoms with E-state index in [2.05, 4.69) is 12.2 Å². The molecule has 1 aromatic carbocycles. The number of hydrogen-bond acceptors (Lipinski definition) is 14. The van der Waals surface area contributed by atoms with Gasteiger partial charge in [0, 0.05) is 19.2 Å². The van der Waals surface area contributed by atoms with Crippen molar-refractivity contribution in [2.75, 3.05) is 170 Å². The zero-order valence-corrected chi connectivity index (χ0v) is 37.5. The fourth-order valence-corrected chi connectivity index (χ4v) is 5.45. The number of hydrogen-bond donors (Lipinski definition) is 1. The van der Waals surface area contributed by atoms with Crippen molar-refractivity contribution in [2.45, 2.75) is 84.5 Å². The summed E-state index contributed by atoms with van der Waals surface area (Å²) in [6.07, 6.45) is 14.8. The predicted molar refractivity (Wildman–Crippen MR) is 233 cm³/mol. The predicted octanol–water partition coefficient (Wildman–Crippen LogP) is 6.53. The Morgan fingerprint density at radius 1 is 0.350 bits per heavy atom. The number of nitrogens with one attached hydrogen (secondary N) is 1. The number of carbonyl (C=O) groups is 1. The first-order valence-corrected chi connectivity index (χ1v) is 22.7. The van der Waals surface area contributed by atoms with Gasteiger partial charge < -0.3 is 66.9 Å². The number of amides is 1. The van der Waals surface area contributed by atoms with Crippen molar-refractivity contribution >= 4 is 11.6 Å². The van der Waals surface area contributed by atoms with E-state index in [1.807, 2.05) is 0 Å². The maximum absolute atomic E-state index is 11.1. The second-order valence-electron chi connectivity index (χ2n) is 13.9. The molecular formula is C45H83NO14. The molecule has 0 fully saturated rings. The van der Waals surface area contributed by atoms with E-state index in [-0.39, 0.29) is 5.91 Å². The molecule has 0 aliphatic rings. The molecule has 352 valence electrons. The number of carbonyl (C=O) groups excluding carboxylic acids is 1. The van der Waals surface area contributed by atoms with Crippen molar-refractivity contribution in [1.82, 2.24) is 0 Å². The lowest BCUT2D eigenvalue weighted by Crippen LogP contribution is -2.15. The van der Waals surface area contributed by atoms with Crippen LogP contribution in [0, 0.1) is 0 Å². The molecule has 0 saturated carbocycles. The summed E-state index contributed by atoms with van der Waals surface area (Å²) in [7, 11) is 0. The first-order valence-electron chi connectivity index (χ1n) is 22.7. The van der Waals surface area contributed by atoms with Crippen molar-refractivity contribution in [3.05, 3.63) is 24.3 Å². The number of ether oxygens (including phenoxy) is 13. The average Bonchev–Trinajstić information content (AvgIpc) is 3.25. The Morgan fingerprint density at radius 3 is 0.883 bits per heavy atom. The molecule has 0 heterocycles. The Morgan fingerprint density at radius 2 is 0.600 bits per heavy atom. The highest BCUT2D eigenvalue weighted by molar-refractivity contribution is 5.88.